The van der Waals surface area contributed by atoms with E-state index in [-0.39, 0.29) is 0 Å². The standard InChI is InChI=1S/C10H21N3/c1-9(2)12-10(11)13-7-5-3-4-6-8-13/h9H,3-8H2,1-2H3,(H2,11,12). The van der Waals surface area contributed by atoms with Gasteiger partial charge in [0.15, 0.2) is 5.96 Å². The van der Waals surface area contributed by atoms with E-state index in [4.69, 9.17) is 5.73 Å². The fraction of sp³-hybridized carbons (Fsp3) is 0.900. The van der Waals surface area contributed by atoms with Crippen LogP contribution in [0.25, 0.3) is 0 Å². The molecule has 0 unspecified atom stereocenters. The van der Waals surface area contributed by atoms with E-state index in [0.29, 0.717) is 6.04 Å². The van der Waals surface area contributed by atoms with Gasteiger partial charge in [-0.3, -0.25) is 4.99 Å². The maximum Gasteiger partial charge on any atom is 0.191 e. The molecule has 1 aliphatic rings. The lowest BCUT2D eigenvalue weighted by atomic mass is 10.2. The molecule has 1 fully saturated rings. The molecule has 3 nitrogen and oxygen atoms in total. The van der Waals surface area contributed by atoms with Gasteiger partial charge in [0.2, 0.25) is 0 Å². The molecule has 2 N–H and O–H groups in total. The van der Waals surface area contributed by atoms with Gasteiger partial charge in [0.1, 0.15) is 0 Å². The van der Waals surface area contributed by atoms with Crippen LogP contribution in [0.1, 0.15) is 39.5 Å². The van der Waals surface area contributed by atoms with E-state index in [0.717, 1.165) is 19.0 Å². The van der Waals surface area contributed by atoms with Crippen molar-refractivity contribution in [1.29, 1.82) is 0 Å². The summed E-state index contributed by atoms with van der Waals surface area (Å²) in [5.41, 5.74) is 5.89. The molecule has 13 heavy (non-hydrogen) atoms. The molecule has 0 aromatic heterocycles. The molecule has 1 heterocycles. The van der Waals surface area contributed by atoms with Crippen LogP contribution in [0.5, 0.6) is 0 Å². The molecule has 0 aromatic carbocycles. The van der Waals surface area contributed by atoms with Crippen molar-refractivity contribution in [2.24, 2.45) is 10.7 Å². The number of likely N-dealkylation sites (tertiary alicyclic amines) is 1. The Kier molecular flexibility index (Phi) is 4.06. The van der Waals surface area contributed by atoms with Gasteiger partial charge in [-0.25, -0.2) is 0 Å². The molecule has 0 aliphatic carbocycles. The van der Waals surface area contributed by atoms with Gasteiger partial charge in [-0.05, 0) is 26.7 Å². The first-order chi connectivity index (χ1) is 6.20. The smallest absolute Gasteiger partial charge is 0.191 e. The Labute approximate surface area is 81.0 Å². The van der Waals surface area contributed by atoms with Crippen LogP contribution in [0.2, 0.25) is 0 Å². The van der Waals surface area contributed by atoms with E-state index < -0.39 is 0 Å². The van der Waals surface area contributed by atoms with Gasteiger partial charge < -0.3 is 10.6 Å². The second kappa shape index (κ2) is 5.10. The molecule has 1 aliphatic heterocycles. The van der Waals surface area contributed by atoms with E-state index >= 15 is 0 Å². The summed E-state index contributed by atoms with van der Waals surface area (Å²) in [6.07, 6.45) is 5.19. The molecule has 3 heteroatoms. The molecule has 76 valence electrons. The topological polar surface area (TPSA) is 41.6 Å². The highest BCUT2D eigenvalue weighted by Crippen LogP contribution is 2.09. The van der Waals surface area contributed by atoms with E-state index in [1.165, 1.54) is 25.7 Å². The van der Waals surface area contributed by atoms with Gasteiger partial charge in [-0.15, -0.1) is 0 Å². The minimum Gasteiger partial charge on any atom is -0.370 e. The van der Waals surface area contributed by atoms with E-state index in [9.17, 15) is 0 Å². The summed E-state index contributed by atoms with van der Waals surface area (Å²) in [7, 11) is 0. The van der Waals surface area contributed by atoms with Crippen LogP contribution < -0.4 is 5.73 Å². The number of guanidine groups is 1. The van der Waals surface area contributed by atoms with Gasteiger partial charge in [0.05, 0.1) is 0 Å². The number of hydrogen-bond acceptors (Lipinski definition) is 1. The van der Waals surface area contributed by atoms with Crippen LogP contribution in [-0.2, 0) is 0 Å². The van der Waals surface area contributed by atoms with Crippen LogP contribution in [0, 0.1) is 0 Å². The second-order valence-electron chi connectivity index (χ2n) is 3.98. The highest BCUT2D eigenvalue weighted by atomic mass is 15.2. The average molecular weight is 183 g/mol. The fourth-order valence-corrected chi connectivity index (χ4v) is 1.65. The third-order valence-electron chi connectivity index (χ3n) is 2.32. The summed E-state index contributed by atoms with van der Waals surface area (Å²) in [6.45, 7) is 6.29. The van der Waals surface area contributed by atoms with Crippen molar-refractivity contribution in [2.75, 3.05) is 13.1 Å². The normalized spacial score (nSPS) is 20.5. The Morgan fingerprint density at radius 1 is 1.15 bits per heavy atom. The predicted molar refractivity (Wildman–Crippen MR) is 56.8 cm³/mol. The lowest BCUT2D eigenvalue weighted by molar-refractivity contribution is 0.427. The van der Waals surface area contributed by atoms with Crippen molar-refractivity contribution in [3.8, 4) is 0 Å². The lowest BCUT2D eigenvalue weighted by Crippen LogP contribution is -2.38. The van der Waals surface area contributed by atoms with Crippen molar-refractivity contribution in [1.82, 2.24) is 4.90 Å². The van der Waals surface area contributed by atoms with Crippen molar-refractivity contribution < 1.29 is 0 Å². The summed E-state index contributed by atoms with van der Waals surface area (Å²) >= 11 is 0. The Bertz CT molecular complexity index is 167. The minimum atomic E-state index is 0.309. The minimum absolute atomic E-state index is 0.309. The molecule has 0 atom stereocenters. The Morgan fingerprint density at radius 2 is 1.69 bits per heavy atom. The fourth-order valence-electron chi connectivity index (χ4n) is 1.65. The van der Waals surface area contributed by atoms with Crippen molar-refractivity contribution in [2.45, 2.75) is 45.6 Å². The summed E-state index contributed by atoms with van der Waals surface area (Å²) < 4.78 is 0. The summed E-state index contributed by atoms with van der Waals surface area (Å²) in [5, 5.41) is 0. The zero-order valence-corrected chi connectivity index (χ0v) is 8.79. The molecular weight excluding hydrogens is 162 g/mol. The monoisotopic (exact) mass is 183 g/mol. The SMILES string of the molecule is CC(C)N=C(N)N1CCCCCC1. The summed E-state index contributed by atoms with van der Waals surface area (Å²) in [5.74, 6) is 0.733. The number of aliphatic imine (C=N–C) groups is 1. The highest BCUT2D eigenvalue weighted by Gasteiger charge is 2.10. The maximum absolute atomic E-state index is 5.89. The zero-order valence-electron chi connectivity index (χ0n) is 8.79. The second-order valence-corrected chi connectivity index (χ2v) is 3.98. The quantitative estimate of drug-likeness (QED) is 0.495. The Morgan fingerprint density at radius 3 is 2.15 bits per heavy atom. The largest absolute Gasteiger partial charge is 0.370 e. The van der Waals surface area contributed by atoms with Gasteiger partial charge in [-0.1, -0.05) is 12.8 Å². The molecule has 1 saturated heterocycles. The average Bonchev–Trinajstić information content (AvgIpc) is 2.29. The molecule has 0 saturated carbocycles. The first-order valence-corrected chi connectivity index (χ1v) is 5.28. The number of nitrogens with two attached hydrogens (primary N) is 1. The molecule has 1 rings (SSSR count). The molecule has 0 bridgehead atoms. The third kappa shape index (κ3) is 3.66. The van der Waals surface area contributed by atoms with E-state index in [1.807, 2.05) is 0 Å². The zero-order chi connectivity index (χ0) is 9.68. The van der Waals surface area contributed by atoms with Crippen LogP contribution in [-0.4, -0.2) is 30.0 Å². The summed E-state index contributed by atoms with van der Waals surface area (Å²) in [6, 6.07) is 0.309. The van der Waals surface area contributed by atoms with Crippen molar-refractivity contribution >= 4 is 5.96 Å². The predicted octanol–water partition coefficient (Wildman–Crippen LogP) is 1.59. The maximum atomic E-state index is 5.89. The number of hydrogen-bond donors (Lipinski definition) is 1. The molecular formula is C10H21N3. The molecule has 0 spiro atoms. The summed E-state index contributed by atoms with van der Waals surface area (Å²) in [4.78, 5) is 6.58. The Balaban J connectivity index is 2.48. The van der Waals surface area contributed by atoms with Gasteiger partial charge in [0.25, 0.3) is 0 Å². The van der Waals surface area contributed by atoms with Crippen molar-refractivity contribution in [3.05, 3.63) is 0 Å². The van der Waals surface area contributed by atoms with E-state index in [2.05, 4.69) is 23.7 Å². The first-order valence-electron chi connectivity index (χ1n) is 5.28. The van der Waals surface area contributed by atoms with Crippen LogP contribution in [0.4, 0.5) is 0 Å². The van der Waals surface area contributed by atoms with E-state index in [1.54, 1.807) is 0 Å². The van der Waals surface area contributed by atoms with Gasteiger partial charge >= 0.3 is 0 Å². The molecule has 0 amide bonds. The number of nitrogens with zero attached hydrogens (tertiary/aromatic N) is 2. The van der Waals surface area contributed by atoms with Crippen molar-refractivity contribution in [3.63, 3.8) is 0 Å². The van der Waals surface area contributed by atoms with Crippen LogP contribution in [0.15, 0.2) is 4.99 Å². The third-order valence-corrected chi connectivity index (χ3v) is 2.32. The molecule has 0 radical (unpaired) electrons. The van der Waals surface area contributed by atoms with Gasteiger partial charge in [0, 0.05) is 19.1 Å². The lowest BCUT2D eigenvalue weighted by Gasteiger charge is -2.21. The number of rotatable bonds is 1. The van der Waals surface area contributed by atoms with Gasteiger partial charge in [-0.2, -0.15) is 0 Å². The van der Waals surface area contributed by atoms with Crippen LogP contribution in [0.3, 0.4) is 0 Å². The first kappa shape index (κ1) is 10.4. The molecule has 0 aromatic rings. The highest BCUT2D eigenvalue weighted by molar-refractivity contribution is 5.78. The Hall–Kier alpha value is -0.730. The van der Waals surface area contributed by atoms with Crippen LogP contribution >= 0.6 is 0 Å².